The van der Waals surface area contributed by atoms with E-state index < -0.39 is 21.4 Å². The van der Waals surface area contributed by atoms with Crippen molar-refractivity contribution in [3.63, 3.8) is 0 Å². The number of anilines is 1. The molecular weight excluding hydrogens is 261 g/mol. The Kier molecular flexibility index (Phi) is 3.02. The van der Waals surface area contributed by atoms with E-state index in [-0.39, 0.29) is 18.7 Å². The lowest BCUT2D eigenvalue weighted by molar-refractivity contribution is -0.117. The fourth-order valence-electron chi connectivity index (χ4n) is 1.88. The van der Waals surface area contributed by atoms with Gasteiger partial charge >= 0.3 is 10.2 Å². The molecule has 1 amide bonds. The van der Waals surface area contributed by atoms with Gasteiger partial charge in [-0.1, -0.05) is 6.07 Å². The van der Waals surface area contributed by atoms with E-state index in [0.717, 1.165) is 0 Å². The molecule has 1 unspecified atom stereocenters. The van der Waals surface area contributed by atoms with Gasteiger partial charge in [-0.25, -0.2) is 0 Å². The molecule has 1 fully saturated rings. The molecule has 0 spiro atoms. The number of phenols is 1. The van der Waals surface area contributed by atoms with E-state index in [4.69, 9.17) is 0 Å². The number of nitrogens with zero attached hydrogens (tertiary/aromatic N) is 1. The number of rotatable bonds is 2. The Hall–Kier alpha value is -1.63. The van der Waals surface area contributed by atoms with Crippen molar-refractivity contribution in [1.29, 1.82) is 0 Å². The van der Waals surface area contributed by atoms with Crippen molar-refractivity contribution in [2.45, 2.75) is 18.6 Å². The van der Waals surface area contributed by atoms with Gasteiger partial charge in [0, 0.05) is 24.7 Å². The number of aromatic hydroxyl groups is 1. The number of benzene rings is 1. The van der Waals surface area contributed by atoms with Crippen molar-refractivity contribution < 1.29 is 22.2 Å². The average molecular weight is 273 g/mol. The molecule has 1 atom stereocenters. The molecule has 18 heavy (non-hydrogen) atoms. The summed E-state index contributed by atoms with van der Waals surface area (Å²) in [5.74, 6) is -0.462. The summed E-state index contributed by atoms with van der Waals surface area (Å²) in [4.78, 5) is 12.8. The minimum atomic E-state index is -4.72. The number of phenolic OH excluding ortho intramolecular Hbond substituents is 1. The first-order valence-corrected chi connectivity index (χ1v) is 6.77. The number of aryl methyl sites for hydroxylation is 1. The Morgan fingerprint density at radius 1 is 1.44 bits per heavy atom. The summed E-state index contributed by atoms with van der Waals surface area (Å²) < 4.78 is 34.4. The highest BCUT2D eigenvalue weighted by atomic mass is 32.3. The summed E-state index contributed by atoms with van der Waals surface area (Å²) in [6, 6.07) is 4.55. The highest BCUT2D eigenvalue weighted by Crippen LogP contribution is 2.29. The van der Waals surface area contributed by atoms with Gasteiger partial charge in [-0.15, -0.1) is 3.89 Å². The SMILES string of the molecule is Cc1ccc(N2CC(S(=O)(=O)F)CC2=O)cc1O. The Bertz CT molecular complexity index is 599. The number of halogens is 1. The number of carbonyl (C=O) groups is 1. The standard InChI is InChI=1S/C11H12FNO4S/c1-7-2-3-8(4-10(7)14)13-6-9(5-11(13)15)18(12,16)17/h2-4,9,14H,5-6H2,1H3. The molecule has 1 heterocycles. The van der Waals surface area contributed by atoms with Crippen molar-refractivity contribution in [1.82, 2.24) is 0 Å². The molecule has 0 aromatic heterocycles. The number of carbonyl (C=O) groups excluding carboxylic acids is 1. The van der Waals surface area contributed by atoms with Crippen LogP contribution in [0.25, 0.3) is 0 Å². The predicted octanol–water partition coefficient (Wildman–Crippen LogP) is 1.11. The van der Waals surface area contributed by atoms with E-state index in [0.29, 0.717) is 11.3 Å². The van der Waals surface area contributed by atoms with E-state index >= 15 is 0 Å². The van der Waals surface area contributed by atoms with E-state index in [9.17, 15) is 22.2 Å². The van der Waals surface area contributed by atoms with Gasteiger partial charge in [-0.2, -0.15) is 8.42 Å². The third-order valence-corrected chi connectivity index (χ3v) is 4.10. The van der Waals surface area contributed by atoms with Gasteiger partial charge in [-0.3, -0.25) is 4.79 Å². The van der Waals surface area contributed by atoms with Gasteiger partial charge in [0.1, 0.15) is 11.0 Å². The highest BCUT2D eigenvalue weighted by Gasteiger charge is 2.39. The van der Waals surface area contributed by atoms with Crippen LogP contribution in [0.1, 0.15) is 12.0 Å². The van der Waals surface area contributed by atoms with Crippen molar-refractivity contribution in [2.75, 3.05) is 11.4 Å². The predicted molar refractivity (Wildman–Crippen MR) is 63.6 cm³/mol. The first-order chi connectivity index (χ1) is 8.29. The molecule has 0 aliphatic carbocycles. The quantitative estimate of drug-likeness (QED) is 0.819. The smallest absolute Gasteiger partial charge is 0.307 e. The molecular formula is C11H12FNO4S. The van der Waals surface area contributed by atoms with Gasteiger partial charge in [0.25, 0.3) is 0 Å². The van der Waals surface area contributed by atoms with E-state index in [1.165, 1.54) is 11.0 Å². The molecule has 1 aliphatic rings. The summed E-state index contributed by atoms with van der Waals surface area (Å²) >= 11 is 0. The van der Waals surface area contributed by atoms with Crippen LogP contribution >= 0.6 is 0 Å². The lowest BCUT2D eigenvalue weighted by atomic mass is 10.2. The van der Waals surface area contributed by atoms with Gasteiger partial charge in [0.05, 0.1) is 0 Å². The summed E-state index contributed by atoms with van der Waals surface area (Å²) in [6.07, 6.45) is -0.368. The molecule has 0 saturated carbocycles. The highest BCUT2D eigenvalue weighted by molar-refractivity contribution is 7.87. The van der Waals surface area contributed by atoms with Crippen molar-refractivity contribution >= 4 is 21.8 Å². The fraction of sp³-hybridized carbons (Fsp3) is 0.364. The molecule has 5 nitrogen and oxygen atoms in total. The van der Waals surface area contributed by atoms with E-state index in [2.05, 4.69) is 0 Å². The van der Waals surface area contributed by atoms with Gasteiger partial charge < -0.3 is 10.0 Å². The second-order valence-electron chi connectivity index (χ2n) is 4.28. The monoisotopic (exact) mass is 273 g/mol. The second kappa shape index (κ2) is 4.24. The van der Waals surface area contributed by atoms with Gasteiger partial charge in [0.15, 0.2) is 0 Å². The minimum absolute atomic E-state index is 0.00635. The molecule has 98 valence electrons. The third-order valence-electron chi connectivity index (χ3n) is 2.99. The Balaban J connectivity index is 2.30. The van der Waals surface area contributed by atoms with Crippen LogP contribution in [0.5, 0.6) is 5.75 Å². The maximum atomic E-state index is 12.8. The molecule has 1 aromatic carbocycles. The Morgan fingerprint density at radius 3 is 2.61 bits per heavy atom. The van der Waals surface area contributed by atoms with Crippen molar-refractivity contribution in [2.24, 2.45) is 0 Å². The van der Waals surface area contributed by atoms with E-state index in [1.54, 1.807) is 19.1 Å². The van der Waals surface area contributed by atoms with Crippen LogP contribution in [0.2, 0.25) is 0 Å². The molecule has 1 N–H and O–H groups in total. The van der Waals surface area contributed by atoms with Crippen LogP contribution in [0, 0.1) is 6.92 Å². The van der Waals surface area contributed by atoms with Crippen LogP contribution in [0.15, 0.2) is 18.2 Å². The van der Waals surface area contributed by atoms with Crippen LogP contribution < -0.4 is 4.90 Å². The summed E-state index contributed by atoms with van der Waals surface area (Å²) in [5.41, 5.74) is 1.01. The molecule has 0 bridgehead atoms. The Morgan fingerprint density at radius 2 is 2.11 bits per heavy atom. The molecule has 7 heteroatoms. The van der Waals surface area contributed by atoms with Crippen LogP contribution in [0.3, 0.4) is 0 Å². The van der Waals surface area contributed by atoms with Gasteiger partial charge in [-0.05, 0) is 18.6 Å². The van der Waals surface area contributed by atoms with Crippen molar-refractivity contribution in [3.8, 4) is 5.75 Å². The average Bonchev–Trinajstić information content (AvgIpc) is 2.64. The summed E-state index contributed by atoms with van der Waals surface area (Å²) in [6.45, 7) is 1.47. The van der Waals surface area contributed by atoms with Crippen LogP contribution in [0.4, 0.5) is 9.57 Å². The lowest BCUT2D eigenvalue weighted by Crippen LogP contribution is -2.26. The first-order valence-electron chi connectivity index (χ1n) is 5.32. The van der Waals surface area contributed by atoms with Crippen molar-refractivity contribution in [3.05, 3.63) is 23.8 Å². The summed E-state index contributed by atoms with van der Waals surface area (Å²) in [7, 11) is -4.72. The minimum Gasteiger partial charge on any atom is -0.508 e. The van der Waals surface area contributed by atoms with E-state index in [1.807, 2.05) is 0 Å². The molecule has 1 aromatic rings. The normalized spacial score (nSPS) is 20.4. The lowest BCUT2D eigenvalue weighted by Gasteiger charge is -2.16. The number of hydrogen-bond acceptors (Lipinski definition) is 4. The molecule has 2 rings (SSSR count). The first kappa shape index (κ1) is 12.8. The zero-order valence-electron chi connectivity index (χ0n) is 9.63. The fourth-order valence-corrected chi connectivity index (χ4v) is 2.55. The molecule has 1 aliphatic heterocycles. The molecule has 0 radical (unpaired) electrons. The number of amides is 1. The second-order valence-corrected chi connectivity index (χ2v) is 5.89. The topological polar surface area (TPSA) is 74.7 Å². The third kappa shape index (κ3) is 2.31. The van der Waals surface area contributed by atoms with Crippen LogP contribution in [-0.4, -0.2) is 31.2 Å². The zero-order chi connectivity index (χ0) is 13.5. The maximum absolute atomic E-state index is 12.8. The molecule has 1 saturated heterocycles. The van der Waals surface area contributed by atoms with Crippen LogP contribution in [-0.2, 0) is 15.0 Å². The maximum Gasteiger partial charge on any atom is 0.307 e. The van der Waals surface area contributed by atoms with Gasteiger partial charge in [0.2, 0.25) is 5.91 Å². The Labute approximate surface area is 104 Å². The largest absolute Gasteiger partial charge is 0.508 e. The zero-order valence-corrected chi connectivity index (χ0v) is 10.4. The number of hydrogen-bond donors (Lipinski definition) is 1. The summed E-state index contributed by atoms with van der Waals surface area (Å²) in [5, 5.41) is 8.22.